The van der Waals surface area contributed by atoms with Crippen molar-refractivity contribution >= 4 is 29.3 Å². The fourth-order valence-electron chi connectivity index (χ4n) is 2.12. The van der Waals surface area contributed by atoms with Gasteiger partial charge in [-0.15, -0.1) is 11.8 Å². The van der Waals surface area contributed by atoms with Gasteiger partial charge >= 0.3 is 6.18 Å². The van der Waals surface area contributed by atoms with E-state index in [0.717, 1.165) is 10.5 Å². The number of hydrogen-bond donors (Lipinski definition) is 1. The normalized spacial score (nSPS) is 11.4. The van der Waals surface area contributed by atoms with Crippen LogP contribution in [-0.4, -0.2) is 24.9 Å². The predicted octanol–water partition coefficient (Wildman–Crippen LogP) is 5.07. The Morgan fingerprint density at radius 1 is 1.15 bits per heavy atom. The summed E-state index contributed by atoms with van der Waals surface area (Å²) in [5, 5.41) is 3.15. The van der Waals surface area contributed by atoms with E-state index in [2.05, 4.69) is 10.1 Å². The highest BCUT2D eigenvalue weighted by molar-refractivity contribution is 7.98. The molecular formula is C18H17ClF3NO2S. The molecule has 0 atom stereocenters. The molecule has 1 amide bonds. The Morgan fingerprint density at radius 2 is 1.81 bits per heavy atom. The molecule has 3 nitrogen and oxygen atoms in total. The van der Waals surface area contributed by atoms with Crippen LogP contribution in [-0.2, 0) is 17.9 Å². The second kappa shape index (κ2) is 9.30. The molecule has 0 aromatic heterocycles. The first-order valence-electron chi connectivity index (χ1n) is 7.62. The second-order valence-corrected chi connectivity index (χ2v) is 6.74. The van der Waals surface area contributed by atoms with Crippen molar-refractivity contribution in [3.05, 3.63) is 64.2 Å². The van der Waals surface area contributed by atoms with Gasteiger partial charge in [-0.3, -0.25) is 4.79 Å². The van der Waals surface area contributed by atoms with E-state index in [9.17, 15) is 18.0 Å². The summed E-state index contributed by atoms with van der Waals surface area (Å²) in [5.41, 5.74) is 1.84. The quantitative estimate of drug-likeness (QED) is 0.656. The topological polar surface area (TPSA) is 38.3 Å². The van der Waals surface area contributed by atoms with Crippen LogP contribution in [0.15, 0.2) is 47.4 Å². The summed E-state index contributed by atoms with van der Waals surface area (Å²) < 4.78 is 40.7. The van der Waals surface area contributed by atoms with Crippen LogP contribution in [0.3, 0.4) is 0 Å². The van der Waals surface area contributed by atoms with Gasteiger partial charge < -0.3 is 10.1 Å². The van der Waals surface area contributed by atoms with Crippen LogP contribution in [0.2, 0.25) is 5.02 Å². The minimum absolute atomic E-state index is 0.122. The third kappa shape index (κ3) is 6.55. The molecule has 8 heteroatoms. The van der Waals surface area contributed by atoms with Crippen LogP contribution in [0.5, 0.6) is 0 Å². The molecule has 0 unspecified atom stereocenters. The van der Waals surface area contributed by atoms with Crippen molar-refractivity contribution in [3.8, 4) is 0 Å². The molecule has 26 heavy (non-hydrogen) atoms. The molecule has 0 aliphatic heterocycles. The van der Waals surface area contributed by atoms with Gasteiger partial charge in [0.2, 0.25) is 0 Å². The first kappa shape index (κ1) is 20.6. The van der Waals surface area contributed by atoms with E-state index in [-0.39, 0.29) is 19.1 Å². The number of benzene rings is 2. The van der Waals surface area contributed by atoms with Crippen LogP contribution < -0.4 is 5.32 Å². The fraction of sp³-hybridized carbons (Fsp3) is 0.278. The van der Waals surface area contributed by atoms with Gasteiger partial charge in [-0.1, -0.05) is 35.9 Å². The van der Waals surface area contributed by atoms with Gasteiger partial charge in [0.05, 0.1) is 17.2 Å². The van der Waals surface area contributed by atoms with E-state index >= 15 is 0 Å². The van der Waals surface area contributed by atoms with E-state index in [1.807, 2.05) is 12.3 Å². The van der Waals surface area contributed by atoms with Crippen LogP contribution in [0, 0.1) is 0 Å². The average Bonchev–Trinajstić information content (AvgIpc) is 2.60. The third-order valence-corrected chi connectivity index (χ3v) is 4.48. The van der Waals surface area contributed by atoms with Crippen molar-refractivity contribution in [1.29, 1.82) is 0 Å². The van der Waals surface area contributed by atoms with Crippen molar-refractivity contribution in [2.45, 2.75) is 24.2 Å². The largest absolute Gasteiger partial charge is 0.411 e. The molecule has 0 bridgehead atoms. The predicted molar refractivity (Wildman–Crippen MR) is 96.6 cm³/mol. The summed E-state index contributed by atoms with van der Waals surface area (Å²) in [4.78, 5) is 13.2. The summed E-state index contributed by atoms with van der Waals surface area (Å²) >= 11 is 7.58. The van der Waals surface area contributed by atoms with E-state index in [1.165, 1.54) is 11.8 Å². The van der Waals surface area contributed by atoms with Crippen LogP contribution >= 0.6 is 23.4 Å². The second-order valence-electron chi connectivity index (χ2n) is 5.45. The zero-order chi connectivity index (χ0) is 19.2. The van der Waals surface area contributed by atoms with Gasteiger partial charge in [0, 0.05) is 11.4 Å². The lowest BCUT2D eigenvalue weighted by molar-refractivity contribution is -0.176. The Kier molecular flexibility index (Phi) is 7.37. The Bertz CT molecular complexity index is 751. The maximum Gasteiger partial charge on any atom is 0.411 e. The van der Waals surface area contributed by atoms with Crippen LogP contribution in [0.25, 0.3) is 0 Å². The minimum atomic E-state index is -4.33. The number of hydrogen-bond acceptors (Lipinski definition) is 3. The van der Waals surface area contributed by atoms with Crippen molar-refractivity contribution in [2.75, 3.05) is 12.9 Å². The average molecular weight is 404 g/mol. The monoisotopic (exact) mass is 403 g/mol. The number of nitrogens with one attached hydrogen (secondary N) is 1. The summed E-state index contributed by atoms with van der Waals surface area (Å²) in [7, 11) is 0. The number of halogens is 4. The lowest BCUT2D eigenvalue weighted by Crippen LogP contribution is -2.23. The molecule has 0 saturated heterocycles. The first-order chi connectivity index (χ1) is 12.3. The van der Waals surface area contributed by atoms with Gasteiger partial charge in [-0.2, -0.15) is 13.2 Å². The van der Waals surface area contributed by atoms with E-state index < -0.39 is 12.8 Å². The molecule has 2 aromatic rings. The lowest BCUT2D eigenvalue weighted by atomic mass is 10.1. The standard InChI is InChI=1S/C18H17ClF3NO2S/c1-26-14-6-7-16(19)15(8-14)17(24)23-9-12-2-4-13(5-3-12)10-25-11-18(20,21)22/h2-8H,9-11H2,1H3,(H,23,24). The Morgan fingerprint density at radius 3 is 2.42 bits per heavy atom. The molecule has 0 spiro atoms. The zero-order valence-electron chi connectivity index (χ0n) is 13.9. The number of thioether (sulfide) groups is 1. The number of alkyl halides is 3. The molecule has 0 saturated carbocycles. The Hall–Kier alpha value is -1.70. The van der Waals surface area contributed by atoms with Crippen LogP contribution in [0.1, 0.15) is 21.5 Å². The molecule has 0 radical (unpaired) electrons. The number of rotatable bonds is 7. The maximum absolute atomic E-state index is 12.3. The highest BCUT2D eigenvalue weighted by atomic mass is 35.5. The van der Waals surface area contributed by atoms with Crippen molar-refractivity contribution in [1.82, 2.24) is 5.32 Å². The van der Waals surface area contributed by atoms with E-state index in [1.54, 1.807) is 36.4 Å². The van der Waals surface area contributed by atoms with Crippen molar-refractivity contribution in [3.63, 3.8) is 0 Å². The smallest absolute Gasteiger partial charge is 0.367 e. The molecule has 0 heterocycles. The van der Waals surface area contributed by atoms with E-state index in [0.29, 0.717) is 16.1 Å². The Balaban J connectivity index is 1.88. The highest BCUT2D eigenvalue weighted by Gasteiger charge is 2.27. The molecule has 2 rings (SSSR count). The number of ether oxygens (including phenoxy) is 1. The van der Waals surface area contributed by atoms with Crippen molar-refractivity contribution < 1.29 is 22.7 Å². The molecule has 0 aliphatic carbocycles. The summed E-state index contributed by atoms with van der Waals surface area (Å²) in [6.45, 7) is -1.12. The summed E-state index contributed by atoms with van der Waals surface area (Å²) in [6, 6.07) is 12.0. The molecule has 0 aliphatic rings. The van der Waals surface area contributed by atoms with Crippen LogP contribution in [0.4, 0.5) is 13.2 Å². The van der Waals surface area contributed by atoms with Gasteiger partial charge in [0.25, 0.3) is 5.91 Å². The number of carbonyl (C=O) groups is 1. The van der Waals surface area contributed by atoms with Gasteiger partial charge in [0.1, 0.15) is 6.61 Å². The zero-order valence-corrected chi connectivity index (χ0v) is 15.5. The molecule has 0 fully saturated rings. The molecule has 2 aromatic carbocycles. The highest BCUT2D eigenvalue weighted by Crippen LogP contribution is 2.23. The lowest BCUT2D eigenvalue weighted by Gasteiger charge is -2.10. The van der Waals surface area contributed by atoms with Gasteiger partial charge in [0.15, 0.2) is 0 Å². The minimum Gasteiger partial charge on any atom is -0.367 e. The Labute approximate surface area is 158 Å². The van der Waals surface area contributed by atoms with Gasteiger partial charge in [-0.25, -0.2) is 0 Å². The first-order valence-corrected chi connectivity index (χ1v) is 9.23. The summed E-state index contributed by atoms with van der Waals surface area (Å²) in [5.74, 6) is -0.288. The fourth-order valence-corrected chi connectivity index (χ4v) is 2.76. The van der Waals surface area contributed by atoms with E-state index in [4.69, 9.17) is 11.6 Å². The molecular weight excluding hydrogens is 387 g/mol. The number of carbonyl (C=O) groups excluding carboxylic acids is 1. The SMILES string of the molecule is CSc1ccc(Cl)c(C(=O)NCc2ccc(COCC(F)(F)F)cc2)c1. The third-order valence-electron chi connectivity index (χ3n) is 3.43. The maximum atomic E-state index is 12.3. The number of amides is 1. The van der Waals surface area contributed by atoms with Crippen molar-refractivity contribution in [2.24, 2.45) is 0 Å². The molecule has 140 valence electrons. The molecule has 1 N–H and O–H groups in total. The van der Waals surface area contributed by atoms with Gasteiger partial charge in [-0.05, 0) is 35.6 Å². The summed E-state index contributed by atoms with van der Waals surface area (Å²) in [6.07, 6.45) is -2.43.